The number of amides is 1. The molecule has 0 aliphatic carbocycles. The van der Waals surface area contributed by atoms with E-state index in [0.717, 1.165) is 0 Å². The minimum Gasteiger partial charge on any atom is -0.478 e. The van der Waals surface area contributed by atoms with Gasteiger partial charge in [-0.2, -0.15) is 0 Å². The number of nitrogens with one attached hydrogen (secondary N) is 2. The predicted molar refractivity (Wildman–Crippen MR) is 217 cm³/mol. The van der Waals surface area contributed by atoms with Gasteiger partial charge < -0.3 is 30.4 Å². The van der Waals surface area contributed by atoms with E-state index >= 15 is 0 Å². The van der Waals surface area contributed by atoms with Crippen LogP contribution in [0.25, 0.3) is 16.7 Å². The van der Waals surface area contributed by atoms with Crippen LogP contribution in [0, 0.1) is 0 Å². The van der Waals surface area contributed by atoms with Crippen molar-refractivity contribution in [3.8, 4) is 5.75 Å². The molecule has 1 aromatic heterocycles. The number of carbonyl (C=O) groups is 4. The highest BCUT2D eigenvalue weighted by Gasteiger charge is 2.24. The van der Waals surface area contributed by atoms with E-state index in [0.29, 0.717) is 79.2 Å². The van der Waals surface area contributed by atoms with Crippen LogP contribution in [0.3, 0.4) is 0 Å². The number of carboxylic acid groups (broad SMARTS) is 3. The highest BCUT2D eigenvalue weighted by molar-refractivity contribution is 6.32. The normalized spacial score (nSPS) is 16.8. The lowest BCUT2D eigenvalue weighted by atomic mass is 9.97. The third-order valence-corrected chi connectivity index (χ3v) is 9.40. The summed E-state index contributed by atoms with van der Waals surface area (Å²) in [6.07, 6.45) is 10.2. The van der Waals surface area contributed by atoms with Crippen molar-refractivity contribution in [2.75, 3.05) is 0 Å². The molecule has 0 unspecified atom stereocenters. The summed E-state index contributed by atoms with van der Waals surface area (Å²) in [6, 6.07) is 32.1. The molecule has 0 atom stereocenters. The molecule has 1 amide bonds. The third-order valence-electron chi connectivity index (χ3n) is 9.40. The lowest BCUT2D eigenvalue weighted by molar-refractivity contribution is -0.115. The molecule has 8 rings (SSSR count). The quantitative estimate of drug-likeness (QED) is 0.0952. The maximum atomic E-state index is 12.3. The second kappa shape index (κ2) is 15.4. The maximum Gasteiger partial charge on any atom is 0.335 e. The summed E-state index contributed by atoms with van der Waals surface area (Å²) in [5, 5.41) is 31.6. The summed E-state index contributed by atoms with van der Waals surface area (Å²) in [5.74, 6) is -2.55. The van der Waals surface area contributed by atoms with E-state index in [9.17, 15) is 34.5 Å². The van der Waals surface area contributed by atoms with Crippen molar-refractivity contribution < 1.29 is 39.2 Å². The number of ether oxygens (including phenoxy) is 1. The third kappa shape index (κ3) is 7.48. The van der Waals surface area contributed by atoms with Gasteiger partial charge in [-0.25, -0.2) is 24.4 Å². The second-order valence-electron chi connectivity index (χ2n) is 13.1. The van der Waals surface area contributed by atoms with Gasteiger partial charge in [0.05, 0.1) is 39.5 Å². The number of aromatic carboxylic acids is 3. The van der Waals surface area contributed by atoms with Crippen LogP contribution in [-0.2, 0) is 4.79 Å². The van der Waals surface area contributed by atoms with Crippen molar-refractivity contribution in [2.24, 2.45) is 9.98 Å². The van der Waals surface area contributed by atoms with Crippen molar-refractivity contribution >= 4 is 52.1 Å². The highest BCUT2D eigenvalue weighted by Crippen LogP contribution is 2.36. The van der Waals surface area contributed by atoms with Crippen LogP contribution in [0.15, 0.2) is 179 Å². The van der Waals surface area contributed by atoms with E-state index < -0.39 is 17.9 Å². The van der Waals surface area contributed by atoms with Gasteiger partial charge >= 0.3 is 17.9 Å². The second-order valence-corrected chi connectivity index (χ2v) is 13.1. The van der Waals surface area contributed by atoms with Gasteiger partial charge in [-0.15, -0.1) is 0 Å². The molecule has 4 heterocycles. The molecule has 0 saturated heterocycles. The molecule has 3 aliphatic heterocycles. The number of carboxylic acids is 3. The van der Waals surface area contributed by atoms with Crippen molar-refractivity contribution in [1.82, 2.24) is 10.3 Å². The Bertz CT molecular complexity index is 2780. The first kappa shape index (κ1) is 36.6. The molecule has 58 heavy (non-hydrogen) atoms. The molecular weight excluding hydrogens is 737 g/mol. The van der Waals surface area contributed by atoms with E-state index in [4.69, 9.17) is 14.7 Å². The zero-order valence-corrected chi connectivity index (χ0v) is 30.2. The van der Waals surface area contributed by atoms with Crippen molar-refractivity contribution in [2.45, 2.75) is 0 Å². The summed E-state index contributed by atoms with van der Waals surface area (Å²) in [5.41, 5.74) is 7.40. The van der Waals surface area contributed by atoms with E-state index in [-0.39, 0.29) is 22.6 Å². The topological polar surface area (TPSA) is 191 Å². The lowest BCUT2D eigenvalue weighted by Crippen LogP contribution is -2.16. The van der Waals surface area contributed by atoms with E-state index in [1.165, 1.54) is 42.5 Å². The average Bonchev–Trinajstić information content (AvgIpc) is 4.07. The molecule has 0 fully saturated rings. The maximum absolute atomic E-state index is 12.3. The number of benzene rings is 4. The number of aromatic nitrogens is 1. The van der Waals surface area contributed by atoms with Gasteiger partial charge in [-0.3, -0.25) is 4.79 Å². The Morgan fingerprint density at radius 3 is 1.43 bits per heavy atom. The Labute approximate surface area is 330 Å². The fourth-order valence-corrected chi connectivity index (χ4v) is 6.66. The zero-order chi connectivity index (χ0) is 40.3. The molecule has 0 saturated carbocycles. The number of aliphatic imine (C=N–C) groups is 2. The van der Waals surface area contributed by atoms with Gasteiger partial charge in [0.1, 0.15) is 5.75 Å². The summed E-state index contributed by atoms with van der Waals surface area (Å²) in [4.78, 5) is 60.8. The van der Waals surface area contributed by atoms with Gasteiger partial charge in [-0.1, -0.05) is 54.6 Å². The molecule has 12 nitrogen and oxygen atoms in total. The number of aromatic amines is 1. The Morgan fingerprint density at radius 1 is 0.483 bits per heavy atom. The molecule has 4 aromatic carbocycles. The number of carbonyl (C=O) groups excluding carboxylic acids is 1. The molecule has 5 aromatic rings. The Balaban J connectivity index is 1.27. The number of hydrogen-bond donors (Lipinski definition) is 5. The number of rotatable bonds is 10. The molecule has 5 N–H and O–H groups in total. The van der Waals surface area contributed by atoms with Crippen LogP contribution in [-0.4, -0.2) is 55.7 Å². The first-order chi connectivity index (χ1) is 28.1. The van der Waals surface area contributed by atoms with Gasteiger partial charge in [0.2, 0.25) is 11.8 Å². The summed E-state index contributed by atoms with van der Waals surface area (Å²) in [7, 11) is 0. The molecule has 0 spiro atoms. The van der Waals surface area contributed by atoms with Crippen LogP contribution in [0.5, 0.6) is 5.75 Å². The van der Waals surface area contributed by atoms with E-state index in [2.05, 4.69) is 10.3 Å². The van der Waals surface area contributed by atoms with Crippen LogP contribution in [0.4, 0.5) is 0 Å². The van der Waals surface area contributed by atoms with E-state index in [1.54, 1.807) is 54.6 Å². The SMILES string of the molecule is O=C1C=C/C(=C(C2=N/C(=C(/c3ccc(C(=O)O)cc3)c3ccc(/C(=C4\C=CC(Oc5ccccc5)=N4)c4ccc(C(=O)O)cc4)[nH]3)C=C2)/c2ccc(C(=O)O)cc2)N1. The standard InChI is InChI=1S/C46H30N4O8/c51-39-24-22-37(49-39)42(27-8-14-30(15-9-27)45(54)55)35-20-18-33(47-35)41(26-6-12-29(13-7-26)44(52)53)34-19-21-36(48-34)43(28-10-16-31(17-11-28)46(56)57)38-23-25-40(50-38)58-32-4-2-1-3-5-32/h1-25,48H,(H,49,51)(H,52,53)(H,54,55)(H,56,57)/b41-33-,42-37+,43-38+. The summed E-state index contributed by atoms with van der Waals surface area (Å²) < 4.78 is 6.01. The van der Waals surface area contributed by atoms with Crippen molar-refractivity contribution in [3.05, 3.63) is 214 Å². The number of hydrogen-bond acceptors (Lipinski definition) is 7. The smallest absolute Gasteiger partial charge is 0.335 e. The molecule has 0 radical (unpaired) electrons. The zero-order valence-electron chi connectivity index (χ0n) is 30.2. The average molecular weight is 767 g/mol. The summed E-state index contributed by atoms with van der Waals surface area (Å²) in [6.45, 7) is 0. The first-order valence-electron chi connectivity index (χ1n) is 17.8. The summed E-state index contributed by atoms with van der Waals surface area (Å²) >= 11 is 0. The monoisotopic (exact) mass is 766 g/mol. The van der Waals surface area contributed by atoms with Crippen LogP contribution in [0.1, 0.15) is 59.2 Å². The highest BCUT2D eigenvalue weighted by atomic mass is 16.5. The molecule has 12 heteroatoms. The van der Waals surface area contributed by atoms with Crippen molar-refractivity contribution in [1.29, 1.82) is 0 Å². The predicted octanol–water partition coefficient (Wildman–Crippen LogP) is 7.78. The number of para-hydroxylation sites is 1. The minimum atomic E-state index is -1.08. The van der Waals surface area contributed by atoms with Crippen LogP contribution in [0.2, 0.25) is 0 Å². The Kier molecular flexibility index (Phi) is 9.71. The van der Waals surface area contributed by atoms with Gasteiger partial charge in [0.15, 0.2) is 0 Å². The molecule has 282 valence electrons. The number of allylic oxidation sites excluding steroid dienone is 5. The number of H-pyrrole nitrogens is 1. The Morgan fingerprint density at radius 2 is 0.948 bits per heavy atom. The van der Waals surface area contributed by atoms with E-state index in [1.807, 2.05) is 54.6 Å². The Hall–Kier alpha value is -8.38. The van der Waals surface area contributed by atoms with Gasteiger partial charge in [0.25, 0.3) is 0 Å². The largest absolute Gasteiger partial charge is 0.478 e. The number of nitrogens with zero attached hydrogens (tertiary/aromatic N) is 2. The molecule has 3 aliphatic rings. The molecular formula is C46H30N4O8. The van der Waals surface area contributed by atoms with Crippen LogP contribution >= 0.6 is 0 Å². The van der Waals surface area contributed by atoms with Crippen LogP contribution < -0.4 is 10.1 Å². The fraction of sp³-hybridized carbons (Fsp3) is 0. The van der Waals surface area contributed by atoms with Gasteiger partial charge in [-0.05, 0) is 102 Å². The lowest BCUT2D eigenvalue weighted by Gasteiger charge is -2.12. The molecule has 0 bridgehead atoms. The minimum absolute atomic E-state index is 0.100. The van der Waals surface area contributed by atoms with Gasteiger partial charge in [0, 0.05) is 40.3 Å². The fourth-order valence-electron chi connectivity index (χ4n) is 6.66. The first-order valence-corrected chi connectivity index (χ1v) is 17.8. The van der Waals surface area contributed by atoms with Crippen molar-refractivity contribution in [3.63, 3.8) is 0 Å².